The highest BCUT2D eigenvalue weighted by Crippen LogP contribution is 2.26. The summed E-state index contributed by atoms with van der Waals surface area (Å²) in [7, 11) is 4.35. The smallest absolute Gasteiger partial charge is 0.0380 e. The van der Waals surface area contributed by atoms with Crippen LogP contribution in [0.4, 0.5) is 5.69 Å². The van der Waals surface area contributed by atoms with Crippen LogP contribution in [0, 0.1) is 0 Å². The SMILES string of the molecule is CN(C)C1CCN(c2cc(Br)cc(CN)c2)CC1. The van der Waals surface area contributed by atoms with Crippen molar-refractivity contribution in [1.82, 2.24) is 4.90 Å². The van der Waals surface area contributed by atoms with Crippen LogP contribution in [0.1, 0.15) is 18.4 Å². The number of rotatable bonds is 3. The van der Waals surface area contributed by atoms with Gasteiger partial charge < -0.3 is 15.5 Å². The van der Waals surface area contributed by atoms with E-state index < -0.39 is 0 Å². The van der Waals surface area contributed by atoms with Crippen LogP contribution in [0.25, 0.3) is 0 Å². The van der Waals surface area contributed by atoms with Crippen molar-refractivity contribution in [3.63, 3.8) is 0 Å². The van der Waals surface area contributed by atoms with E-state index >= 15 is 0 Å². The van der Waals surface area contributed by atoms with Crippen LogP contribution in [0.15, 0.2) is 22.7 Å². The summed E-state index contributed by atoms with van der Waals surface area (Å²) in [4.78, 5) is 4.80. The molecule has 100 valence electrons. The molecule has 0 amide bonds. The molecule has 1 heterocycles. The maximum atomic E-state index is 5.73. The highest BCUT2D eigenvalue weighted by Gasteiger charge is 2.20. The zero-order valence-corrected chi connectivity index (χ0v) is 12.8. The molecule has 0 spiro atoms. The van der Waals surface area contributed by atoms with Crippen LogP contribution in [0.2, 0.25) is 0 Å². The average Bonchev–Trinajstić information content (AvgIpc) is 2.38. The van der Waals surface area contributed by atoms with Crippen molar-refractivity contribution >= 4 is 21.6 Å². The third-order valence-electron chi connectivity index (χ3n) is 3.74. The molecule has 1 aromatic rings. The Labute approximate surface area is 118 Å². The van der Waals surface area contributed by atoms with Crippen molar-refractivity contribution < 1.29 is 0 Å². The van der Waals surface area contributed by atoms with Crippen molar-refractivity contribution in [2.75, 3.05) is 32.1 Å². The highest BCUT2D eigenvalue weighted by molar-refractivity contribution is 9.10. The van der Waals surface area contributed by atoms with Gasteiger partial charge >= 0.3 is 0 Å². The normalized spacial score (nSPS) is 17.5. The Morgan fingerprint density at radius 1 is 1.28 bits per heavy atom. The Hall–Kier alpha value is -0.580. The van der Waals surface area contributed by atoms with E-state index in [1.54, 1.807) is 0 Å². The molecule has 0 atom stereocenters. The molecule has 1 aromatic carbocycles. The first-order valence-corrected chi connectivity index (χ1v) is 7.30. The second-order valence-corrected chi connectivity index (χ2v) is 6.12. The third-order valence-corrected chi connectivity index (χ3v) is 4.20. The molecule has 0 aliphatic carbocycles. The highest BCUT2D eigenvalue weighted by atomic mass is 79.9. The Morgan fingerprint density at radius 3 is 2.50 bits per heavy atom. The molecule has 1 fully saturated rings. The molecular formula is C14H22BrN3. The first-order valence-electron chi connectivity index (χ1n) is 6.51. The monoisotopic (exact) mass is 311 g/mol. The average molecular weight is 312 g/mol. The van der Waals surface area contributed by atoms with Gasteiger partial charge in [-0.25, -0.2) is 0 Å². The van der Waals surface area contributed by atoms with Crippen molar-refractivity contribution in [3.05, 3.63) is 28.2 Å². The molecule has 0 unspecified atom stereocenters. The molecular weight excluding hydrogens is 290 g/mol. The Kier molecular flexibility index (Phi) is 4.65. The summed E-state index contributed by atoms with van der Waals surface area (Å²) in [5.41, 5.74) is 8.22. The van der Waals surface area contributed by atoms with Gasteiger partial charge in [-0.1, -0.05) is 15.9 Å². The quantitative estimate of drug-likeness (QED) is 0.930. The number of hydrogen-bond acceptors (Lipinski definition) is 3. The second-order valence-electron chi connectivity index (χ2n) is 5.20. The van der Waals surface area contributed by atoms with Gasteiger partial charge in [0.05, 0.1) is 0 Å². The van der Waals surface area contributed by atoms with Crippen LogP contribution >= 0.6 is 15.9 Å². The molecule has 1 saturated heterocycles. The van der Waals surface area contributed by atoms with Crippen LogP contribution in [-0.4, -0.2) is 38.1 Å². The van der Waals surface area contributed by atoms with E-state index in [-0.39, 0.29) is 0 Å². The lowest BCUT2D eigenvalue weighted by molar-refractivity contribution is 0.249. The predicted molar refractivity (Wildman–Crippen MR) is 81.0 cm³/mol. The van der Waals surface area contributed by atoms with E-state index in [4.69, 9.17) is 5.73 Å². The van der Waals surface area contributed by atoms with Crippen LogP contribution in [-0.2, 0) is 6.54 Å². The number of anilines is 1. The van der Waals surface area contributed by atoms with E-state index in [2.05, 4.69) is 58.0 Å². The fourth-order valence-electron chi connectivity index (χ4n) is 2.57. The lowest BCUT2D eigenvalue weighted by atomic mass is 10.0. The minimum absolute atomic E-state index is 0.598. The molecule has 4 heteroatoms. The molecule has 2 N–H and O–H groups in total. The zero-order chi connectivity index (χ0) is 13.1. The van der Waals surface area contributed by atoms with Gasteiger partial charge in [-0.3, -0.25) is 0 Å². The molecule has 3 nitrogen and oxygen atoms in total. The summed E-state index contributed by atoms with van der Waals surface area (Å²) >= 11 is 3.57. The van der Waals surface area contributed by atoms with E-state index in [9.17, 15) is 0 Å². The lowest BCUT2D eigenvalue weighted by Crippen LogP contribution is -2.42. The largest absolute Gasteiger partial charge is 0.371 e. The molecule has 0 aromatic heterocycles. The summed E-state index contributed by atoms with van der Waals surface area (Å²) < 4.78 is 1.12. The van der Waals surface area contributed by atoms with Gasteiger partial charge in [-0.05, 0) is 50.7 Å². The van der Waals surface area contributed by atoms with Crippen LogP contribution in [0.3, 0.4) is 0 Å². The Balaban J connectivity index is 2.07. The van der Waals surface area contributed by atoms with Crippen molar-refractivity contribution in [2.24, 2.45) is 5.73 Å². The summed E-state index contributed by atoms with van der Waals surface area (Å²) in [5.74, 6) is 0. The minimum Gasteiger partial charge on any atom is -0.371 e. The molecule has 0 radical (unpaired) electrons. The van der Waals surface area contributed by atoms with Crippen LogP contribution < -0.4 is 10.6 Å². The van der Waals surface area contributed by atoms with Gasteiger partial charge in [0.2, 0.25) is 0 Å². The van der Waals surface area contributed by atoms with Crippen LogP contribution in [0.5, 0.6) is 0 Å². The molecule has 1 aliphatic rings. The molecule has 1 aliphatic heterocycles. The molecule has 0 bridgehead atoms. The minimum atomic E-state index is 0.598. The number of halogens is 1. The maximum Gasteiger partial charge on any atom is 0.0380 e. The molecule has 2 rings (SSSR count). The van der Waals surface area contributed by atoms with Crippen molar-refractivity contribution in [1.29, 1.82) is 0 Å². The van der Waals surface area contributed by atoms with Gasteiger partial charge in [0.1, 0.15) is 0 Å². The molecule has 0 saturated carbocycles. The lowest BCUT2D eigenvalue weighted by Gasteiger charge is -2.36. The number of benzene rings is 1. The Morgan fingerprint density at radius 2 is 1.94 bits per heavy atom. The van der Waals surface area contributed by atoms with Gasteiger partial charge in [0, 0.05) is 35.8 Å². The number of piperidine rings is 1. The topological polar surface area (TPSA) is 32.5 Å². The van der Waals surface area contributed by atoms with Gasteiger partial charge in [-0.15, -0.1) is 0 Å². The van der Waals surface area contributed by atoms with E-state index in [1.165, 1.54) is 24.1 Å². The zero-order valence-electron chi connectivity index (χ0n) is 11.2. The van der Waals surface area contributed by atoms with E-state index in [0.29, 0.717) is 6.54 Å². The third kappa shape index (κ3) is 3.25. The maximum absolute atomic E-state index is 5.73. The number of nitrogens with zero attached hydrogens (tertiary/aromatic N) is 2. The first-order chi connectivity index (χ1) is 8.60. The summed E-state index contributed by atoms with van der Waals surface area (Å²) in [6.45, 7) is 2.85. The number of hydrogen-bond donors (Lipinski definition) is 1. The van der Waals surface area contributed by atoms with E-state index in [1.807, 2.05) is 0 Å². The molecule has 18 heavy (non-hydrogen) atoms. The standard InChI is InChI=1S/C14H22BrN3/c1-17(2)13-3-5-18(6-4-13)14-8-11(10-16)7-12(15)9-14/h7-9,13H,3-6,10,16H2,1-2H3. The van der Waals surface area contributed by atoms with E-state index in [0.717, 1.165) is 23.6 Å². The number of nitrogens with two attached hydrogens (primary N) is 1. The van der Waals surface area contributed by atoms with Gasteiger partial charge in [0.15, 0.2) is 0 Å². The van der Waals surface area contributed by atoms with Gasteiger partial charge in [0.25, 0.3) is 0 Å². The summed E-state index contributed by atoms with van der Waals surface area (Å²) in [6, 6.07) is 7.22. The second kappa shape index (κ2) is 6.04. The first kappa shape index (κ1) is 13.8. The van der Waals surface area contributed by atoms with Gasteiger partial charge in [-0.2, -0.15) is 0 Å². The van der Waals surface area contributed by atoms with Crippen molar-refractivity contribution in [3.8, 4) is 0 Å². The fourth-order valence-corrected chi connectivity index (χ4v) is 3.10. The fraction of sp³-hybridized carbons (Fsp3) is 0.571. The Bertz CT molecular complexity index is 398. The van der Waals surface area contributed by atoms with Crippen molar-refractivity contribution in [2.45, 2.75) is 25.4 Å². The summed E-state index contributed by atoms with van der Waals surface area (Å²) in [5, 5.41) is 0. The summed E-state index contributed by atoms with van der Waals surface area (Å²) in [6.07, 6.45) is 2.47. The predicted octanol–water partition coefficient (Wildman–Crippen LogP) is 2.44.